The number of halogens is 1. The summed E-state index contributed by atoms with van der Waals surface area (Å²) in [6.07, 6.45) is 1.24. The van der Waals surface area contributed by atoms with Crippen LogP contribution in [0.2, 0.25) is 5.02 Å². The third-order valence-corrected chi connectivity index (χ3v) is 5.58. The molecule has 35 heavy (non-hydrogen) atoms. The van der Waals surface area contributed by atoms with Gasteiger partial charge in [0, 0.05) is 22.2 Å². The zero-order valence-electron chi connectivity index (χ0n) is 18.5. The van der Waals surface area contributed by atoms with E-state index in [9.17, 15) is 9.59 Å². The summed E-state index contributed by atoms with van der Waals surface area (Å²) < 4.78 is 32.8. The predicted molar refractivity (Wildman–Crippen MR) is 126 cm³/mol. The van der Waals surface area contributed by atoms with E-state index in [4.69, 9.17) is 35.0 Å². The van der Waals surface area contributed by atoms with Crippen LogP contribution in [0.25, 0.3) is 11.0 Å². The second-order valence-electron chi connectivity index (χ2n) is 7.66. The Kier molecular flexibility index (Phi) is 6.31. The highest BCUT2D eigenvalue weighted by atomic mass is 35.5. The maximum Gasteiger partial charge on any atom is 0.337 e. The number of rotatable bonds is 6. The Morgan fingerprint density at radius 3 is 2.66 bits per heavy atom. The van der Waals surface area contributed by atoms with Crippen LogP contribution in [0, 0.1) is 0 Å². The molecular formula is C26H19ClO8. The molecule has 1 aromatic heterocycles. The van der Waals surface area contributed by atoms with Crippen molar-refractivity contribution in [2.45, 2.75) is 13.2 Å². The van der Waals surface area contributed by atoms with Crippen molar-refractivity contribution in [3.05, 3.63) is 92.8 Å². The first kappa shape index (κ1) is 22.8. The van der Waals surface area contributed by atoms with Crippen LogP contribution >= 0.6 is 11.6 Å². The van der Waals surface area contributed by atoms with Crippen molar-refractivity contribution in [3.8, 4) is 23.0 Å². The molecule has 9 heteroatoms. The standard InChI is InChI=1S/C26H19ClO8/c1-30-26(29)15-2-4-19(5-3-15)35-23-13-33-22-10-20(6-7-21(22)24(23)28)32-12-17-9-18(27)8-16-11-31-14-34-25(16)17/h2-10,13H,11-12,14H2,1H3. The van der Waals surface area contributed by atoms with Crippen LogP contribution in [0.4, 0.5) is 0 Å². The van der Waals surface area contributed by atoms with Crippen molar-refractivity contribution in [1.29, 1.82) is 0 Å². The van der Waals surface area contributed by atoms with Gasteiger partial charge in [-0.05, 0) is 48.5 Å². The van der Waals surface area contributed by atoms with Crippen molar-refractivity contribution in [1.82, 2.24) is 0 Å². The van der Waals surface area contributed by atoms with Crippen LogP contribution in [0.1, 0.15) is 21.5 Å². The fraction of sp³-hybridized carbons (Fsp3) is 0.154. The summed E-state index contributed by atoms with van der Waals surface area (Å²) in [7, 11) is 1.30. The number of carbonyl (C=O) groups is 1. The van der Waals surface area contributed by atoms with Gasteiger partial charge in [-0.15, -0.1) is 0 Å². The fourth-order valence-corrected chi connectivity index (χ4v) is 3.94. The van der Waals surface area contributed by atoms with Gasteiger partial charge in [-0.2, -0.15) is 0 Å². The van der Waals surface area contributed by atoms with Gasteiger partial charge in [0.15, 0.2) is 6.79 Å². The predicted octanol–water partition coefficient (Wildman–Crippen LogP) is 5.47. The molecule has 0 amide bonds. The van der Waals surface area contributed by atoms with E-state index in [1.54, 1.807) is 54.6 Å². The summed E-state index contributed by atoms with van der Waals surface area (Å²) >= 11 is 6.21. The summed E-state index contributed by atoms with van der Waals surface area (Å²) in [6.45, 7) is 0.799. The molecule has 0 spiro atoms. The molecule has 5 rings (SSSR count). The average molecular weight is 495 g/mol. The number of hydrogen-bond acceptors (Lipinski definition) is 8. The molecule has 0 radical (unpaired) electrons. The number of methoxy groups -OCH3 is 1. The van der Waals surface area contributed by atoms with Crippen LogP contribution in [0.15, 0.2) is 70.1 Å². The number of esters is 1. The van der Waals surface area contributed by atoms with E-state index >= 15 is 0 Å². The molecule has 1 aliphatic heterocycles. The molecule has 2 heterocycles. The monoisotopic (exact) mass is 494 g/mol. The molecule has 0 atom stereocenters. The van der Waals surface area contributed by atoms with Gasteiger partial charge in [0.25, 0.3) is 0 Å². The van der Waals surface area contributed by atoms with Gasteiger partial charge >= 0.3 is 5.97 Å². The molecule has 4 aromatic rings. The summed E-state index contributed by atoms with van der Waals surface area (Å²) in [4.78, 5) is 24.5. The second-order valence-corrected chi connectivity index (χ2v) is 8.09. The maximum absolute atomic E-state index is 12.9. The Balaban J connectivity index is 1.34. The Morgan fingerprint density at radius 2 is 1.86 bits per heavy atom. The zero-order chi connectivity index (χ0) is 24.4. The van der Waals surface area contributed by atoms with E-state index in [0.29, 0.717) is 45.4 Å². The minimum absolute atomic E-state index is 0.0157. The average Bonchev–Trinajstić information content (AvgIpc) is 2.88. The third-order valence-electron chi connectivity index (χ3n) is 5.36. The van der Waals surface area contributed by atoms with Gasteiger partial charge < -0.3 is 28.1 Å². The van der Waals surface area contributed by atoms with Crippen LogP contribution in [-0.2, 0) is 22.7 Å². The molecule has 0 aliphatic carbocycles. The Labute approximate surface area is 204 Å². The van der Waals surface area contributed by atoms with Crippen molar-refractivity contribution in [2.75, 3.05) is 13.9 Å². The highest BCUT2D eigenvalue weighted by Gasteiger charge is 2.17. The SMILES string of the molecule is COC(=O)c1ccc(Oc2coc3cc(OCc4cc(Cl)cc5c4OCOC5)ccc3c2=O)cc1. The Morgan fingerprint density at radius 1 is 1.06 bits per heavy atom. The van der Waals surface area contributed by atoms with Gasteiger partial charge in [-0.3, -0.25) is 4.79 Å². The summed E-state index contributed by atoms with van der Waals surface area (Å²) in [5.74, 6) is 1.14. The van der Waals surface area contributed by atoms with Crippen molar-refractivity contribution in [3.63, 3.8) is 0 Å². The van der Waals surface area contributed by atoms with Gasteiger partial charge in [0.2, 0.25) is 11.2 Å². The maximum atomic E-state index is 12.9. The molecule has 0 N–H and O–H groups in total. The normalized spacial score (nSPS) is 12.5. The number of fused-ring (bicyclic) bond motifs is 2. The summed E-state index contributed by atoms with van der Waals surface area (Å²) in [5.41, 5.74) is 2.03. The molecule has 8 nitrogen and oxygen atoms in total. The highest BCUT2D eigenvalue weighted by molar-refractivity contribution is 6.30. The molecule has 0 unspecified atom stereocenters. The molecule has 3 aromatic carbocycles. The highest BCUT2D eigenvalue weighted by Crippen LogP contribution is 2.33. The molecule has 178 valence electrons. The van der Waals surface area contributed by atoms with Crippen molar-refractivity contribution >= 4 is 28.5 Å². The lowest BCUT2D eigenvalue weighted by atomic mass is 10.1. The number of carbonyl (C=O) groups excluding carboxylic acids is 1. The van der Waals surface area contributed by atoms with Crippen molar-refractivity contribution < 1.29 is 32.9 Å². The van der Waals surface area contributed by atoms with Gasteiger partial charge in [0.1, 0.15) is 35.7 Å². The van der Waals surface area contributed by atoms with E-state index in [0.717, 1.165) is 11.1 Å². The van der Waals surface area contributed by atoms with Gasteiger partial charge in [-0.1, -0.05) is 11.6 Å². The molecular weight excluding hydrogens is 476 g/mol. The second kappa shape index (κ2) is 9.69. The van der Waals surface area contributed by atoms with E-state index in [2.05, 4.69) is 4.74 Å². The van der Waals surface area contributed by atoms with Gasteiger partial charge in [-0.25, -0.2) is 4.79 Å². The molecule has 0 saturated heterocycles. The molecule has 1 aliphatic rings. The van der Waals surface area contributed by atoms with E-state index in [1.807, 2.05) is 0 Å². The molecule has 0 fully saturated rings. The third kappa shape index (κ3) is 4.80. The minimum Gasteiger partial charge on any atom is -0.489 e. The Hall–Kier alpha value is -4.01. The van der Waals surface area contributed by atoms with E-state index in [1.165, 1.54) is 13.4 Å². The van der Waals surface area contributed by atoms with Gasteiger partial charge in [0.05, 0.1) is 24.7 Å². The quantitative estimate of drug-likeness (QED) is 0.326. The number of benzene rings is 3. The fourth-order valence-electron chi connectivity index (χ4n) is 3.68. The number of ether oxygens (including phenoxy) is 5. The smallest absolute Gasteiger partial charge is 0.337 e. The Bertz CT molecular complexity index is 1460. The van der Waals surface area contributed by atoms with E-state index < -0.39 is 5.97 Å². The lowest BCUT2D eigenvalue weighted by molar-refractivity contribution is -0.0175. The minimum atomic E-state index is -0.461. The van der Waals surface area contributed by atoms with Crippen LogP contribution < -0.4 is 19.6 Å². The first-order valence-electron chi connectivity index (χ1n) is 10.6. The summed E-state index contributed by atoms with van der Waals surface area (Å²) in [5, 5.41) is 0.898. The lowest BCUT2D eigenvalue weighted by Crippen LogP contribution is -2.14. The zero-order valence-corrected chi connectivity index (χ0v) is 19.3. The van der Waals surface area contributed by atoms with Crippen LogP contribution in [0.3, 0.4) is 0 Å². The largest absolute Gasteiger partial charge is 0.489 e. The number of hydrogen-bond donors (Lipinski definition) is 0. The topological polar surface area (TPSA) is 93.4 Å². The molecule has 0 saturated carbocycles. The van der Waals surface area contributed by atoms with Crippen LogP contribution in [-0.4, -0.2) is 19.9 Å². The summed E-state index contributed by atoms with van der Waals surface area (Å²) in [6, 6.07) is 14.7. The molecule has 0 bridgehead atoms. The lowest BCUT2D eigenvalue weighted by Gasteiger charge is -2.21. The first-order valence-corrected chi connectivity index (χ1v) is 11.0. The van der Waals surface area contributed by atoms with Crippen molar-refractivity contribution in [2.24, 2.45) is 0 Å². The van der Waals surface area contributed by atoms with E-state index in [-0.39, 0.29) is 24.6 Å². The first-order chi connectivity index (χ1) is 17.0. The van der Waals surface area contributed by atoms with Crippen LogP contribution in [0.5, 0.6) is 23.0 Å².